The number of rotatable bonds is 6. The van der Waals surface area contributed by atoms with Crippen molar-refractivity contribution < 1.29 is 13.2 Å². The van der Waals surface area contributed by atoms with Crippen LogP contribution in [-0.2, 0) is 10.0 Å². The van der Waals surface area contributed by atoms with E-state index in [-0.39, 0.29) is 17.2 Å². The molecule has 0 aliphatic carbocycles. The largest absolute Gasteiger partial charge is 0.378 e. The minimum atomic E-state index is -3.53. The third-order valence-corrected chi connectivity index (χ3v) is 6.79. The molecule has 1 heterocycles. The van der Waals surface area contributed by atoms with Crippen molar-refractivity contribution in [2.75, 3.05) is 25.0 Å². The van der Waals surface area contributed by atoms with Crippen LogP contribution in [0, 0.1) is 6.92 Å². The first kappa shape index (κ1) is 18.9. The number of benzene rings is 2. The summed E-state index contributed by atoms with van der Waals surface area (Å²) in [6.45, 7) is 3.04. The van der Waals surface area contributed by atoms with Gasteiger partial charge in [-0.1, -0.05) is 29.8 Å². The van der Waals surface area contributed by atoms with Gasteiger partial charge in [-0.25, -0.2) is 8.42 Å². The number of aryl methyl sites for hydroxylation is 1. The van der Waals surface area contributed by atoms with E-state index in [9.17, 15) is 13.2 Å². The SMILES string of the molecule is Cc1ccc(NCC(=O)c2cccc(S(=O)(=O)N3CCCC3)c2)cc1Cl. The molecule has 1 N–H and O–H groups in total. The van der Waals surface area contributed by atoms with Crippen molar-refractivity contribution >= 4 is 33.1 Å². The second kappa shape index (κ2) is 7.78. The molecule has 1 aliphatic heterocycles. The van der Waals surface area contributed by atoms with Crippen molar-refractivity contribution in [1.82, 2.24) is 4.31 Å². The highest BCUT2D eigenvalue weighted by Crippen LogP contribution is 2.22. The van der Waals surface area contributed by atoms with Gasteiger partial charge in [0.25, 0.3) is 0 Å². The fourth-order valence-corrected chi connectivity index (χ4v) is 4.64. The standard InChI is InChI=1S/C19H21ClN2O3S/c1-14-7-8-16(12-18(14)20)21-13-19(23)15-5-4-6-17(11-15)26(24,25)22-9-2-3-10-22/h4-8,11-12,21H,2-3,9-10,13H2,1H3. The molecule has 0 spiro atoms. The zero-order valence-electron chi connectivity index (χ0n) is 14.5. The second-order valence-electron chi connectivity index (χ2n) is 6.38. The number of carbonyl (C=O) groups is 1. The molecule has 0 aromatic heterocycles. The predicted octanol–water partition coefficient (Wildman–Crippen LogP) is 3.73. The highest BCUT2D eigenvalue weighted by Gasteiger charge is 2.27. The Labute approximate surface area is 159 Å². The number of nitrogens with zero attached hydrogens (tertiary/aromatic N) is 1. The summed E-state index contributed by atoms with van der Waals surface area (Å²) in [6.07, 6.45) is 1.75. The number of hydrogen-bond acceptors (Lipinski definition) is 4. The maximum absolute atomic E-state index is 12.6. The maximum atomic E-state index is 12.6. The molecular weight excluding hydrogens is 372 g/mol. The number of halogens is 1. The molecule has 0 radical (unpaired) electrons. The van der Waals surface area contributed by atoms with Crippen molar-refractivity contribution in [3.05, 3.63) is 58.6 Å². The van der Waals surface area contributed by atoms with Crippen molar-refractivity contribution in [2.24, 2.45) is 0 Å². The van der Waals surface area contributed by atoms with Crippen LogP contribution < -0.4 is 5.32 Å². The van der Waals surface area contributed by atoms with E-state index in [2.05, 4.69) is 5.32 Å². The van der Waals surface area contributed by atoms with Gasteiger partial charge in [-0.05, 0) is 49.6 Å². The molecule has 26 heavy (non-hydrogen) atoms. The number of carbonyl (C=O) groups excluding carboxylic acids is 1. The van der Waals surface area contributed by atoms with Crippen LogP contribution in [0.25, 0.3) is 0 Å². The van der Waals surface area contributed by atoms with Crippen molar-refractivity contribution in [3.8, 4) is 0 Å². The molecule has 0 bridgehead atoms. The van der Waals surface area contributed by atoms with E-state index in [1.165, 1.54) is 16.4 Å². The number of anilines is 1. The molecule has 2 aromatic carbocycles. The van der Waals surface area contributed by atoms with Crippen LogP contribution in [0.4, 0.5) is 5.69 Å². The summed E-state index contributed by atoms with van der Waals surface area (Å²) in [4.78, 5) is 12.6. The van der Waals surface area contributed by atoms with E-state index in [1.807, 2.05) is 19.1 Å². The Balaban J connectivity index is 1.72. The molecular formula is C19H21ClN2O3S. The van der Waals surface area contributed by atoms with E-state index in [0.717, 1.165) is 24.1 Å². The molecule has 2 aromatic rings. The fourth-order valence-electron chi connectivity index (χ4n) is 2.89. The van der Waals surface area contributed by atoms with Gasteiger partial charge in [0.05, 0.1) is 11.4 Å². The molecule has 0 amide bonds. The summed E-state index contributed by atoms with van der Waals surface area (Å²) in [5, 5.41) is 3.66. The van der Waals surface area contributed by atoms with Gasteiger partial charge in [0.2, 0.25) is 10.0 Å². The van der Waals surface area contributed by atoms with E-state index in [4.69, 9.17) is 11.6 Å². The molecule has 3 rings (SSSR count). The van der Waals surface area contributed by atoms with E-state index in [1.54, 1.807) is 18.2 Å². The van der Waals surface area contributed by atoms with Gasteiger partial charge in [0, 0.05) is 29.4 Å². The topological polar surface area (TPSA) is 66.5 Å². The molecule has 0 atom stereocenters. The molecule has 1 fully saturated rings. The Kier molecular flexibility index (Phi) is 5.65. The lowest BCUT2D eigenvalue weighted by atomic mass is 10.1. The minimum absolute atomic E-state index is 0.0621. The summed E-state index contributed by atoms with van der Waals surface area (Å²) < 4.78 is 26.8. The Bertz CT molecular complexity index is 922. The Morgan fingerprint density at radius 2 is 1.88 bits per heavy atom. The summed E-state index contributed by atoms with van der Waals surface area (Å²) in [7, 11) is -3.53. The van der Waals surface area contributed by atoms with Gasteiger partial charge >= 0.3 is 0 Å². The van der Waals surface area contributed by atoms with Crippen LogP contribution in [0.1, 0.15) is 28.8 Å². The second-order valence-corrected chi connectivity index (χ2v) is 8.72. The van der Waals surface area contributed by atoms with Gasteiger partial charge in [-0.2, -0.15) is 4.31 Å². The summed E-state index contributed by atoms with van der Waals surface area (Å²) in [6, 6.07) is 11.7. The fraction of sp³-hybridized carbons (Fsp3) is 0.316. The van der Waals surface area contributed by atoms with Crippen LogP contribution in [-0.4, -0.2) is 38.1 Å². The first-order valence-electron chi connectivity index (χ1n) is 8.51. The third-order valence-electron chi connectivity index (χ3n) is 4.48. The molecule has 138 valence electrons. The average Bonchev–Trinajstić information content (AvgIpc) is 3.18. The van der Waals surface area contributed by atoms with Crippen LogP contribution in [0.3, 0.4) is 0 Å². The number of sulfonamides is 1. The van der Waals surface area contributed by atoms with Gasteiger partial charge in [-0.15, -0.1) is 0 Å². The Morgan fingerprint density at radius 3 is 2.58 bits per heavy atom. The van der Waals surface area contributed by atoms with Crippen molar-refractivity contribution in [1.29, 1.82) is 0 Å². The molecule has 1 saturated heterocycles. The van der Waals surface area contributed by atoms with E-state index in [0.29, 0.717) is 23.7 Å². The Hall–Kier alpha value is -1.89. The van der Waals surface area contributed by atoms with Crippen LogP contribution >= 0.6 is 11.6 Å². The molecule has 5 nitrogen and oxygen atoms in total. The summed E-state index contributed by atoms with van der Waals surface area (Å²) in [5.41, 5.74) is 2.08. The normalized spacial score (nSPS) is 15.2. The zero-order valence-corrected chi connectivity index (χ0v) is 16.1. The van der Waals surface area contributed by atoms with Gasteiger partial charge < -0.3 is 5.32 Å². The summed E-state index contributed by atoms with van der Waals surface area (Å²) >= 11 is 6.08. The number of ketones is 1. The maximum Gasteiger partial charge on any atom is 0.243 e. The smallest absolute Gasteiger partial charge is 0.243 e. The first-order chi connectivity index (χ1) is 12.4. The van der Waals surface area contributed by atoms with Crippen LogP contribution in [0.15, 0.2) is 47.4 Å². The number of hydrogen-bond donors (Lipinski definition) is 1. The predicted molar refractivity (Wildman–Crippen MR) is 103 cm³/mol. The van der Waals surface area contributed by atoms with Crippen molar-refractivity contribution in [2.45, 2.75) is 24.7 Å². The monoisotopic (exact) mass is 392 g/mol. The number of nitrogens with one attached hydrogen (secondary N) is 1. The lowest BCUT2D eigenvalue weighted by Gasteiger charge is -2.16. The zero-order chi connectivity index (χ0) is 18.7. The first-order valence-corrected chi connectivity index (χ1v) is 10.3. The quantitative estimate of drug-likeness (QED) is 0.760. The third kappa shape index (κ3) is 4.09. The Morgan fingerprint density at radius 1 is 1.15 bits per heavy atom. The molecule has 0 unspecified atom stereocenters. The molecule has 1 aliphatic rings. The number of Topliss-reactive ketones (excluding diaryl/α,β-unsaturated/α-hetero) is 1. The van der Waals surface area contributed by atoms with Crippen LogP contribution in [0.2, 0.25) is 5.02 Å². The van der Waals surface area contributed by atoms with Gasteiger partial charge in [0.15, 0.2) is 5.78 Å². The van der Waals surface area contributed by atoms with Gasteiger partial charge in [-0.3, -0.25) is 4.79 Å². The highest BCUT2D eigenvalue weighted by molar-refractivity contribution is 7.89. The minimum Gasteiger partial charge on any atom is -0.378 e. The van der Waals surface area contributed by atoms with Crippen LogP contribution in [0.5, 0.6) is 0 Å². The molecule has 0 saturated carbocycles. The summed E-state index contributed by atoms with van der Waals surface area (Å²) in [5.74, 6) is -0.180. The lowest BCUT2D eigenvalue weighted by Crippen LogP contribution is -2.28. The van der Waals surface area contributed by atoms with E-state index >= 15 is 0 Å². The average molecular weight is 393 g/mol. The lowest BCUT2D eigenvalue weighted by molar-refractivity contribution is 0.101. The molecule has 7 heteroatoms. The van der Waals surface area contributed by atoms with Gasteiger partial charge in [0.1, 0.15) is 0 Å². The highest BCUT2D eigenvalue weighted by atomic mass is 35.5. The van der Waals surface area contributed by atoms with E-state index < -0.39 is 10.0 Å². The van der Waals surface area contributed by atoms with Crippen molar-refractivity contribution in [3.63, 3.8) is 0 Å².